The fourth-order valence-electron chi connectivity index (χ4n) is 1.27. The maximum absolute atomic E-state index is 12.2. The number of carbonyl (C=O) groups excluding carboxylic acids is 1. The SMILES string of the molecule is C[Si](C)(C)OC[C@@H](O[Si](C)(C)C)C(=O)O[Si](C)(C)C. The van der Waals surface area contributed by atoms with Crippen molar-refractivity contribution in [2.24, 2.45) is 0 Å². The van der Waals surface area contributed by atoms with E-state index in [1.165, 1.54) is 0 Å². The molecule has 1 atom stereocenters. The molecule has 0 aliphatic carbocycles. The molecule has 0 saturated carbocycles. The van der Waals surface area contributed by atoms with Gasteiger partial charge in [-0.1, -0.05) is 0 Å². The van der Waals surface area contributed by atoms with Crippen LogP contribution in [-0.4, -0.2) is 43.6 Å². The summed E-state index contributed by atoms with van der Waals surface area (Å²) < 4.78 is 17.3. The summed E-state index contributed by atoms with van der Waals surface area (Å²) in [7, 11) is -5.36. The molecular formula is C12H30O4Si3. The molecule has 0 heterocycles. The highest BCUT2D eigenvalue weighted by atomic mass is 28.4. The van der Waals surface area contributed by atoms with E-state index in [2.05, 4.69) is 39.3 Å². The van der Waals surface area contributed by atoms with E-state index >= 15 is 0 Å². The van der Waals surface area contributed by atoms with E-state index < -0.39 is 31.1 Å². The summed E-state index contributed by atoms with van der Waals surface area (Å²) >= 11 is 0. The Balaban J connectivity index is 4.72. The Kier molecular flexibility index (Phi) is 6.68. The van der Waals surface area contributed by atoms with Gasteiger partial charge in [0, 0.05) is 0 Å². The lowest BCUT2D eigenvalue weighted by atomic mass is 10.4. The summed E-state index contributed by atoms with van der Waals surface area (Å²) in [5.74, 6) is -0.264. The summed E-state index contributed by atoms with van der Waals surface area (Å²) in [6.07, 6.45) is -0.579. The molecule has 19 heavy (non-hydrogen) atoms. The maximum atomic E-state index is 12.2. The molecule has 0 bridgehead atoms. The van der Waals surface area contributed by atoms with Gasteiger partial charge in [0.2, 0.25) is 8.32 Å². The van der Waals surface area contributed by atoms with Crippen molar-refractivity contribution < 1.29 is 18.1 Å². The average molecular weight is 323 g/mol. The van der Waals surface area contributed by atoms with E-state index in [0.29, 0.717) is 6.61 Å². The summed E-state index contributed by atoms with van der Waals surface area (Å²) in [5.41, 5.74) is 0. The predicted molar refractivity (Wildman–Crippen MR) is 87.0 cm³/mol. The Hall–Kier alpha value is 0.0406. The minimum atomic E-state index is -1.89. The number of rotatable bonds is 7. The molecule has 0 aromatic carbocycles. The van der Waals surface area contributed by atoms with Gasteiger partial charge in [-0.15, -0.1) is 0 Å². The van der Waals surface area contributed by atoms with Crippen LogP contribution in [0.4, 0.5) is 0 Å². The van der Waals surface area contributed by atoms with Crippen molar-refractivity contribution in [1.29, 1.82) is 0 Å². The number of hydrogen-bond acceptors (Lipinski definition) is 4. The molecular weight excluding hydrogens is 292 g/mol. The van der Waals surface area contributed by atoms with Gasteiger partial charge in [0.25, 0.3) is 0 Å². The summed E-state index contributed by atoms with van der Waals surface area (Å²) in [5, 5.41) is 0. The summed E-state index contributed by atoms with van der Waals surface area (Å²) in [6, 6.07) is 0. The van der Waals surface area contributed by atoms with Gasteiger partial charge in [-0.3, -0.25) is 4.79 Å². The lowest BCUT2D eigenvalue weighted by molar-refractivity contribution is -0.145. The molecule has 0 unspecified atom stereocenters. The van der Waals surface area contributed by atoms with E-state index in [1.807, 2.05) is 19.6 Å². The average Bonchev–Trinajstić information content (AvgIpc) is 2.05. The first-order valence-corrected chi connectivity index (χ1v) is 17.0. The van der Waals surface area contributed by atoms with Crippen LogP contribution in [0.2, 0.25) is 58.9 Å². The van der Waals surface area contributed by atoms with Crippen LogP contribution >= 0.6 is 0 Å². The minimum Gasteiger partial charge on any atom is -0.518 e. The lowest BCUT2D eigenvalue weighted by Crippen LogP contribution is -2.45. The zero-order chi connectivity index (χ0) is 15.5. The molecule has 0 aromatic rings. The minimum absolute atomic E-state index is 0.264. The van der Waals surface area contributed by atoms with Crippen LogP contribution in [0, 0.1) is 0 Å². The second-order valence-electron chi connectivity index (χ2n) is 7.68. The maximum Gasteiger partial charge on any atom is 0.323 e. The van der Waals surface area contributed by atoms with Crippen LogP contribution in [0.5, 0.6) is 0 Å². The molecule has 114 valence electrons. The quantitative estimate of drug-likeness (QED) is 0.674. The van der Waals surface area contributed by atoms with Gasteiger partial charge in [0.05, 0.1) is 6.61 Å². The van der Waals surface area contributed by atoms with E-state index in [9.17, 15) is 4.79 Å². The Bertz CT molecular complexity index is 300. The smallest absolute Gasteiger partial charge is 0.323 e. The van der Waals surface area contributed by atoms with Crippen molar-refractivity contribution in [2.75, 3.05) is 6.61 Å². The highest BCUT2D eigenvalue weighted by Crippen LogP contribution is 2.14. The Morgan fingerprint density at radius 1 is 0.842 bits per heavy atom. The second-order valence-corrected chi connectivity index (χ2v) is 21.1. The van der Waals surface area contributed by atoms with Crippen LogP contribution in [0.3, 0.4) is 0 Å². The van der Waals surface area contributed by atoms with Crippen LogP contribution in [0.25, 0.3) is 0 Å². The van der Waals surface area contributed by atoms with E-state index in [4.69, 9.17) is 13.3 Å². The molecule has 0 aromatic heterocycles. The fourth-order valence-corrected chi connectivity index (χ4v) is 3.67. The van der Waals surface area contributed by atoms with Crippen molar-refractivity contribution in [3.05, 3.63) is 0 Å². The van der Waals surface area contributed by atoms with E-state index in [1.54, 1.807) is 0 Å². The first-order chi connectivity index (χ1) is 8.20. The molecule has 4 nitrogen and oxygen atoms in total. The Labute approximate surface area is 121 Å². The normalized spacial score (nSPS) is 15.2. The first-order valence-electron chi connectivity index (χ1n) is 6.74. The number of carbonyl (C=O) groups is 1. The summed E-state index contributed by atoms with van der Waals surface area (Å²) in [6.45, 7) is 18.8. The molecule has 0 saturated heterocycles. The molecule has 0 fully saturated rings. The van der Waals surface area contributed by atoms with E-state index in [-0.39, 0.29) is 5.97 Å². The highest BCUT2D eigenvalue weighted by molar-refractivity contribution is 6.72. The van der Waals surface area contributed by atoms with Crippen LogP contribution in [0.1, 0.15) is 0 Å². The molecule has 0 N–H and O–H groups in total. The van der Waals surface area contributed by atoms with Gasteiger partial charge in [0.15, 0.2) is 22.7 Å². The predicted octanol–water partition coefficient (Wildman–Crippen LogP) is 3.44. The van der Waals surface area contributed by atoms with Gasteiger partial charge in [-0.2, -0.15) is 0 Å². The van der Waals surface area contributed by atoms with Crippen LogP contribution < -0.4 is 0 Å². The third kappa shape index (κ3) is 11.6. The third-order valence-corrected chi connectivity index (χ3v) is 4.67. The van der Waals surface area contributed by atoms with Crippen LogP contribution in [-0.2, 0) is 18.1 Å². The monoisotopic (exact) mass is 322 g/mol. The molecule has 0 aliphatic heterocycles. The summed E-state index contributed by atoms with van der Waals surface area (Å²) in [4.78, 5) is 12.2. The molecule has 0 aliphatic rings. The molecule has 0 spiro atoms. The van der Waals surface area contributed by atoms with Gasteiger partial charge in [-0.25, -0.2) is 0 Å². The first kappa shape index (κ1) is 19.0. The Morgan fingerprint density at radius 2 is 1.32 bits per heavy atom. The highest BCUT2D eigenvalue weighted by Gasteiger charge is 2.32. The zero-order valence-electron chi connectivity index (χ0n) is 13.9. The van der Waals surface area contributed by atoms with Crippen molar-refractivity contribution >= 4 is 30.9 Å². The standard InChI is InChI=1S/C12H30O4Si3/c1-17(2,3)14-10-11(15-18(4,5)6)12(13)16-19(7,8)9/h11H,10H2,1-9H3/t11-/m1/s1. The van der Waals surface area contributed by atoms with Crippen molar-refractivity contribution in [3.63, 3.8) is 0 Å². The van der Waals surface area contributed by atoms with Gasteiger partial charge < -0.3 is 13.3 Å². The van der Waals surface area contributed by atoms with Crippen molar-refractivity contribution in [3.8, 4) is 0 Å². The van der Waals surface area contributed by atoms with Gasteiger partial charge >= 0.3 is 5.97 Å². The molecule has 0 amide bonds. The number of hydrogen-bond donors (Lipinski definition) is 0. The Morgan fingerprint density at radius 3 is 1.63 bits per heavy atom. The van der Waals surface area contributed by atoms with Crippen LogP contribution in [0.15, 0.2) is 0 Å². The zero-order valence-corrected chi connectivity index (χ0v) is 16.9. The van der Waals surface area contributed by atoms with Gasteiger partial charge in [-0.05, 0) is 58.9 Å². The molecule has 0 radical (unpaired) electrons. The van der Waals surface area contributed by atoms with Crippen molar-refractivity contribution in [1.82, 2.24) is 0 Å². The topological polar surface area (TPSA) is 44.8 Å². The van der Waals surface area contributed by atoms with Gasteiger partial charge in [0.1, 0.15) is 0 Å². The third-order valence-electron chi connectivity index (χ3n) is 1.83. The van der Waals surface area contributed by atoms with Crippen molar-refractivity contribution in [2.45, 2.75) is 65.0 Å². The van der Waals surface area contributed by atoms with E-state index in [0.717, 1.165) is 0 Å². The molecule has 7 heteroatoms. The lowest BCUT2D eigenvalue weighted by Gasteiger charge is -2.29. The second kappa shape index (κ2) is 6.66. The fraction of sp³-hybridized carbons (Fsp3) is 0.917. The largest absolute Gasteiger partial charge is 0.518 e. The molecule has 0 rings (SSSR count).